The normalized spacial score (nSPS) is 16.8. The second-order valence-electron chi connectivity index (χ2n) is 7.81. The molecule has 152 valence electrons. The Kier molecular flexibility index (Phi) is 5.01. The summed E-state index contributed by atoms with van der Waals surface area (Å²) in [5, 5.41) is 0. The summed E-state index contributed by atoms with van der Waals surface area (Å²) in [7, 11) is 0. The maximum Gasteiger partial charge on any atom is 0.242 e. The third-order valence-corrected chi connectivity index (χ3v) is 5.82. The zero-order chi connectivity index (χ0) is 20.3. The number of aromatic nitrogens is 5. The van der Waals surface area contributed by atoms with E-state index in [1.54, 1.807) is 6.33 Å². The molecule has 1 amide bonds. The van der Waals surface area contributed by atoms with Gasteiger partial charge in [0.1, 0.15) is 12.4 Å². The average molecular weight is 400 g/mol. The minimum absolute atomic E-state index is 0.134. The van der Waals surface area contributed by atoms with E-state index in [1.165, 1.54) is 5.56 Å². The quantitative estimate of drug-likeness (QED) is 0.516. The number of hydrogen-bond donors (Lipinski definition) is 0. The van der Waals surface area contributed by atoms with Crippen molar-refractivity contribution in [3.63, 3.8) is 0 Å². The van der Waals surface area contributed by atoms with Crippen molar-refractivity contribution in [3.05, 3.63) is 78.9 Å². The molecular weight excluding hydrogens is 376 g/mol. The molecule has 7 nitrogen and oxygen atoms in total. The fourth-order valence-electron chi connectivity index (χ4n) is 4.30. The number of piperidine rings is 1. The molecule has 4 heterocycles. The number of carbonyl (C=O) groups excluding carboxylic acids is 1. The molecule has 1 aromatic carbocycles. The predicted molar refractivity (Wildman–Crippen MR) is 114 cm³/mol. The zero-order valence-electron chi connectivity index (χ0n) is 16.8. The Hall–Kier alpha value is -3.48. The molecule has 4 aromatic rings. The molecule has 1 fully saturated rings. The smallest absolute Gasteiger partial charge is 0.242 e. The van der Waals surface area contributed by atoms with Crippen molar-refractivity contribution in [3.8, 4) is 0 Å². The Morgan fingerprint density at radius 3 is 2.80 bits per heavy atom. The van der Waals surface area contributed by atoms with Crippen molar-refractivity contribution >= 4 is 16.9 Å². The number of nitrogens with zero attached hydrogens (tertiary/aromatic N) is 6. The van der Waals surface area contributed by atoms with Gasteiger partial charge in [-0.2, -0.15) is 0 Å². The van der Waals surface area contributed by atoms with Crippen LogP contribution in [-0.4, -0.2) is 48.0 Å². The minimum Gasteiger partial charge on any atom is -0.340 e. The van der Waals surface area contributed by atoms with Gasteiger partial charge in [0.2, 0.25) is 5.91 Å². The molecule has 0 N–H and O–H groups in total. The summed E-state index contributed by atoms with van der Waals surface area (Å²) in [4.78, 5) is 28.2. The van der Waals surface area contributed by atoms with Crippen molar-refractivity contribution < 1.29 is 4.79 Å². The Morgan fingerprint density at radius 1 is 1.03 bits per heavy atom. The van der Waals surface area contributed by atoms with E-state index in [-0.39, 0.29) is 11.8 Å². The van der Waals surface area contributed by atoms with Crippen LogP contribution < -0.4 is 0 Å². The Balaban J connectivity index is 1.29. The molecule has 0 aliphatic carbocycles. The highest BCUT2D eigenvalue weighted by atomic mass is 16.2. The zero-order valence-corrected chi connectivity index (χ0v) is 16.8. The van der Waals surface area contributed by atoms with Crippen LogP contribution in [0.1, 0.15) is 30.1 Å². The first-order chi connectivity index (χ1) is 14.8. The van der Waals surface area contributed by atoms with Crippen molar-refractivity contribution in [1.82, 2.24) is 29.0 Å². The Labute approximate surface area is 175 Å². The van der Waals surface area contributed by atoms with Crippen LogP contribution in [0, 0.1) is 0 Å². The molecule has 1 aliphatic heterocycles. The van der Waals surface area contributed by atoms with E-state index in [4.69, 9.17) is 0 Å². The number of carbonyl (C=O) groups is 1. The van der Waals surface area contributed by atoms with Gasteiger partial charge in [0.15, 0.2) is 0 Å². The van der Waals surface area contributed by atoms with Crippen LogP contribution >= 0.6 is 0 Å². The van der Waals surface area contributed by atoms with Gasteiger partial charge >= 0.3 is 0 Å². The van der Waals surface area contributed by atoms with E-state index in [2.05, 4.69) is 19.5 Å². The highest BCUT2D eigenvalue weighted by molar-refractivity contribution is 5.80. The number of rotatable bonds is 5. The van der Waals surface area contributed by atoms with Crippen LogP contribution in [0.4, 0.5) is 0 Å². The van der Waals surface area contributed by atoms with Crippen LogP contribution in [0.3, 0.4) is 0 Å². The molecule has 0 bridgehead atoms. The van der Waals surface area contributed by atoms with Gasteiger partial charge in [0, 0.05) is 50.3 Å². The predicted octanol–water partition coefficient (Wildman–Crippen LogP) is 3.08. The van der Waals surface area contributed by atoms with Gasteiger partial charge < -0.3 is 14.0 Å². The van der Waals surface area contributed by atoms with Crippen LogP contribution in [0.5, 0.6) is 0 Å². The van der Waals surface area contributed by atoms with Crippen LogP contribution in [0.25, 0.3) is 11.0 Å². The first kappa shape index (κ1) is 18.5. The molecule has 7 heteroatoms. The monoisotopic (exact) mass is 400 g/mol. The molecule has 1 atom stereocenters. The van der Waals surface area contributed by atoms with Crippen molar-refractivity contribution in [2.45, 2.75) is 31.8 Å². The largest absolute Gasteiger partial charge is 0.340 e. The van der Waals surface area contributed by atoms with Gasteiger partial charge in [0.05, 0.1) is 17.4 Å². The summed E-state index contributed by atoms with van der Waals surface area (Å²) in [6.45, 7) is 2.59. The number of imidazole rings is 2. The summed E-state index contributed by atoms with van der Waals surface area (Å²) >= 11 is 0. The molecule has 1 unspecified atom stereocenters. The molecule has 30 heavy (non-hydrogen) atoms. The van der Waals surface area contributed by atoms with Gasteiger partial charge in [-0.15, -0.1) is 0 Å². The van der Waals surface area contributed by atoms with E-state index >= 15 is 0 Å². The molecule has 0 radical (unpaired) electrons. The highest BCUT2D eigenvalue weighted by Crippen LogP contribution is 2.27. The van der Waals surface area contributed by atoms with Gasteiger partial charge in [-0.25, -0.2) is 9.97 Å². The summed E-state index contributed by atoms with van der Waals surface area (Å²) in [5.41, 5.74) is 3.10. The van der Waals surface area contributed by atoms with E-state index in [9.17, 15) is 4.79 Å². The number of pyridine rings is 1. The second-order valence-corrected chi connectivity index (χ2v) is 7.81. The van der Waals surface area contributed by atoms with Crippen LogP contribution in [0.15, 0.2) is 67.5 Å². The maximum absolute atomic E-state index is 13.0. The van der Waals surface area contributed by atoms with Gasteiger partial charge in [0.25, 0.3) is 0 Å². The average Bonchev–Trinajstić information content (AvgIpc) is 3.42. The van der Waals surface area contributed by atoms with E-state index < -0.39 is 0 Å². The lowest BCUT2D eigenvalue weighted by Gasteiger charge is -2.33. The van der Waals surface area contributed by atoms with E-state index in [1.807, 2.05) is 70.7 Å². The maximum atomic E-state index is 13.0. The lowest BCUT2D eigenvalue weighted by Crippen LogP contribution is -2.41. The van der Waals surface area contributed by atoms with Gasteiger partial charge in [-0.1, -0.05) is 12.1 Å². The topological polar surface area (TPSA) is 68.8 Å². The number of benzene rings is 1. The molecular formula is C23H24N6O. The molecule has 3 aromatic heterocycles. The summed E-state index contributed by atoms with van der Waals surface area (Å²) in [5.74, 6) is 1.44. The number of para-hydroxylation sites is 2. The molecule has 5 rings (SSSR count). The Morgan fingerprint density at radius 2 is 1.90 bits per heavy atom. The minimum atomic E-state index is 0.134. The number of amides is 1. The van der Waals surface area contributed by atoms with Crippen LogP contribution in [-0.2, 0) is 17.9 Å². The fraction of sp³-hybridized carbons (Fsp3) is 0.304. The van der Waals surface area contributed by atoms with Crippen molar-refractivity contribution in [1.29, 1.82) is 0 Å². The number of fused-ring (bicyclic) bond motifs is 1. The van der Waals surface area contributed by atoms with Gasteiger partial charge in [-0.3, -0.25) is 9.78 Å². The third-order valence-electron chi connectivity index (χ3n) is 5.82. The van der Waals surface area contributed by atoms with Crippen LogP contribution in [0.2, 0.25) is 0 Å². The molecule has 0 saturated carbocycles. The number of hydrogen-bond acceptors (Lipinski definition) is 4. The lowest BCUT2D eigenvalue weighted by molar-refractivity contribution is -0.133. The Bertz CT molecular complexity index is 1150. The van der Waals surface area contributed by atoms with E-state index in [0.29, 0.717) is 13.1 Å². The van der Waals surface area contributed by atoms with E-state index in [0.717, 1.165) is 42.8 Å². The molecule has 1 aliphatic rings. The first-order valence-electron chi connectivity index (χ1n) is 10.4. The molecule has 1 saturated heterocycles. The third kappa shape index (κ3) is 3.70. The lowest BCUT2D eigenvalue weighted by atomic mass is 9.97. The summed E-state index contributed by atoms with van der Waals surface area (Å²) in [6.07, 6.45) is 11.3. The highest BCUT2D eigenvalue weighted by Gasteiger charge is 2.27. The van der Waals surface area contributed by atoms with Crippen molar-refractivity contribution in [2.24, 2.45) is 0 Å². The SMILES string of the molecule is O=C(Cn1cnc2ccccc21)N1CCCC(c2nccn2Cc2ccncc2)C1. The molecule has 0 spiro atoms. The van der Waals surface area contributed by atoms with Crippen molar-refractivity contribution in [2.75, 3.05) is 13.1 Å². The standard InChI is InChI=1S/C23H24N6O/c30-22(16-29-17-26-20-5-1-2-6-21(20)29)27-12-3-4-19(15-27)23-25-11-13-28(23)14-18-7-9-24-10-8-18/h1-2,5-11,13,17,19H,3-4,12,14-16H2. The number of likely N-dealkylation sites (tertiary alicyclic amines) is 1. The first-order valence-corrected chi connectivity index (χ1v) is 10.4. The fourth-order valence-corrected chi connectivity index (χ4v) is 4.30. The summed E-state index contributed by atoms with van der Waals surface area (Å²) in [6, 6.07) is 12.0. The summed E-state index contributed by atoms with van der Waals surface area (Å²) < 4.78 is 4.13. The second kappa shape index (κ2) is 8.10. The van der Waals surface area contributed by atoms with Gasteiger partial charge in [-0.05, 0) is 42.7 Å².